The maximum Gasteiger partial charge on any atom is 0.221 e. The normalized spacial score (nSPS) is 22.6. The zero-order valence-electron chi connectivity index (χ0n) is 14.5. The molecule has 4 nitrogen and oxygen atoms in total. The summed E-state index contributed by atoms with van der Waals surface area (Å²) in [5, 5.41) is 6.61. The Morgan fingerprint density at radius 1 is 1.33 bits per heavy atom. The van der Waals surface area contributed by atoms with Crippen LogP contribution in [0.3, 0.4) is 0 Å². The van der Waals surface area contributed by atoms with Gasteiger partial charge in [-0.15, -0.1) is 12.4 Å². The summed E-state index contributed by atoms with van der Waals surface area (Å²) in [5.74, 6) is 0.170. The van der Waals surface area contributed by atoms with Crippen LogP contribution in [-0.4, -0.2) is 38.3 Å². The fraction of sp³-hybridized carbons (Fsp3) is 0.632. The van der Waals surface area contributed by atoms with Gasteiger partial charge >= 0.3 is 0 Å². The molecule has 24 heavy (non-hydrogen) atoms. The fourth-order valence-electron chi connectivity index (χ4n) is 3.97. The number of ether oxygens (including phenoxy) is 1. The molecule has 0 aliphatic carbocycles. The summed E-state index contributed by atoms with van der Waals surface area (Å²) in [6.45, 7) is 5.47. The van der Waals surface area contributed by atoms with Crippen LogP contribution < -0.4 is 10.6 Å². The lowest BCUT2D eigenvalue weighted by Gasteiger charge is -2.39. The van der Waals surface area contributed by atoms with Crippen LogP contribution in [0.5, 0.6) is 0 Å². The first-order chi connectivity index (χ1) is 11.2. The van der Waals surface area contributed by atoms with Gasteiger partial charge in [0.25, 0.3) is 0 Å². The van der Waals surface area contributed by atoms with Gasteiger partial charge in [0.05, 0.1) is 0 Å². The molecule has 2 fully saturated rings. The Morgan fingerprint density at radius 3 is 2.75 bits per heavy atom. The molecule has 3 rings (SSSR count). The van der Waals surface area contributed by atoms with Gasteiger partial charge in [0, 0.05) is 37.6 Å². The summed E-state index contributed by atoms with van der Waals surface area (Å²) in [5.41, 5.74) is 2.69. The Morgan fingerprint density at radius 2 is 2.08 bits per heavy atom. The number of amides is 1. The molecule has 0 aromatic heterocycles. The molecule has 2 aliphatic heterocycles. The molecule has 1 amide bonds. The average Bonchev–Trinajstić information content (AvgIpc) is 3.07. The van der Waals surface area contributed by atoms with Gasteiger partial charge in [0.1, 0.15) is 0 Å². The minimum atomic E-state index is 0. The molecule has 2 saturated heterocycles. The lowest BCUT2D eigenvalue weighted by molar-refractivity contribution is -0.122. The van der Waals surface area contributed by atoms with Gasteiger partial charge in [-0.25, -0.2) is 0 Å². The van der Waals surface area contributed by atoms with E-state index in [9.17, 15) is 4.79 Å². The Bertz CT molecular complexity index is 538. The second-order valence-corrected chi connectivity index (χ2v) is 6.98. The first-order valence-electron chi connectivity index (χ1n) is 8.84. The predicted octanol–water partition coefficient (Wildman–Crippen LogP) is 2.72. The van der Waals surface area contributed by atoms with Gasteiger partial charge < -0.3 is 15.4 Å². The Labute approximate surface area is 151 Å². The Balaban J connectivity index is 0.00000208. The third-order valence-corrected chi connectivity index (χ3v) is 5.38. The molecule has 0 saturated carbocycles. The van der Waals surface area contributed by atoms with Crippen molar-refractivity contribution in [1.82, 2.24) is 10.6 Å². The van der Waals surface area contributed by atoms with Gasteiger partial charge in [-0.1, -0.05) is 24.3 Å². The van der Waals surface area contributed by atoms with E-state index in [-0.39, 0.29) is 23.7 Å². The van der Waals surface area contributed by atoms with Gasteiger partial charge in [0.15, 0.2) is 0 Å². The lowest BCUT2D eigenvalue weighted by atomic mass is 9.72. The summed E-state index contributed by atoms with van der Waals surface area (Å²) in [7, 11) is 0. The van der Waals surface area contributed by atoms with Gasteiger partial charge in [0.2, 0.25) is 5.91 Å². The number of rotatable bonds is 5. The molecule has 5 heteroatoms. The standard InChI is InChI=1S/C19H28N2O2.ClH/c1-15-5-2-3-7-17(15)19(8-11-23-12-9-19)14-21-18(22)13-16-6-4-10-20-16;/h2-3,5,7,16,20H,4,6,8-14H2,1H3,(H,21,22);1H. The summed E-state index contributed by atoms with van der Waals surface area (Å²) in [4.78, 5) is 12.3. The number of hydrogen-bond acceptors (Lipinski definition) is 3. The van der Waals surface area contributed by atoms with Crippen LogP contribution in [-0.2, 0) is 14.9 Å². The summed E-state index contributed by atoms with van der Waals surface area (Å²) < 4.78 is 5.58. The molecule has 1 aromatic carbocycles. The molecule has 0 spiro atoms. The van der Waals surface area contributed by atoms with E-state index in [1.54, 1.807) is 0 Å². The molecule has 134 valence electrons. The van der Waals surface area contributed by atoms with Crippen molar-refractivity contribution in [3.05, 3.63) is 35.4 Å². The van der Waals surface area contributed by atoms with E-state index in [1.807, 2.05) is 0 Å². The highest BCUT2D eigenvalue weighted by atomic mass is 35.5. The maximum atomic E-state index is 12.3. The second-order valence-electron chi connectivity index (χ2n) is 6.98. The third kappa shape index (κ3) is 4.50. The minimum Gasteiger partial charge on any atom is -0.381 e. The van der Waals surface area contributed by atoms with Crippen LogP contribution in [0.25, 0.3) is 0 Å². The Kier molecular flexibility index (Phi) is 7.08. The van der Waals surface area contributed by atoms with Crippen molar-refractivity contribution in [2.45, 2.75) is 50.5 Å². The van der Waals surface area contributed by atoms with E-state index in [0.29, 0.717) is 19.0 Å². The van der Waals surface area contributed by atoms with Gasteiger partial charge in [-0.3, -0.25) is 4.79 Å². The first-order valence-corrected chi connectivity index (χ1v) is 8.84. The van der Waals surface area contributed by atoms with E-state index in [0.717, 1.165) is 39.0 Å². The number of halogens is 1. The highest BCUT2D eigenvalue weighted by Gasteiger charge is 2.36. The number of aryl methyl sites for hydroxylation is 1. The molecule has 0 radical (unpaired) electrons. The molecule has 0 bridgehead atoms. The minimum absolute atomic E-state index is 0. The van der Waals surface area contributed by atoms with Crippen LogP contribution in [0.1, 0.15) is 43.2 Å². The third-order valence-electron chi connectivity index (χ3n) is 5.38. The molecule has 2 N–H and O–H groups in total. The molecule has 2 heterocycles. The van der Waals surface area contributed by atoms with Crippen molar-refractivity contribution in [2.24, 2.45) is 0 Å². The van der Waals surface area contributed by atoms with Crippen molar-refractivity contribution in [3.63, 3.8) is 0 Å². The quantitative estimate of drug-likeness (QED) is 0.856. The van der Waals surface area contributed by atoms with Crippen LogP contribution >= 0.6 is 12.4 Å². The Hall–Kier alpha value is -1.10. The van der Waals surface area contributed by atoms with Crippen molar-refractivity contribution in [3.8, 4) is 0 Å². The van der Waals surface area contributed by atoms with E-state index in [1.165, 1.54) is 17.5 Å². The molecule has 2 aliphatic rings. The smallest absolute Gasteiger partial charge is 0.221 e. The summed E-state index contributed by atoms with van der Waals surface area (Å²) in [6, 6.07) is 8.92. The number of benzene rings is 1. The van der Waals surface area contributed by atoms with Crippen molar-refractivity contribution in [1.29, 1.82) is 0 Å². The number of nitrogens with one attached hydrogen (secondary N) is 2. The van der Waals surface area contributed by atoms with E-state index < -0.39 is 0 Å². The monoisotopic (exact) mass is 352 g/mol. The maximum absolute atomic E-state index is 12.3. The second kappa shape index (κ2) is 8.84. The summed E-state index contributed by atoms with van der Waals surface area (Å²) >= 11 is 0. The van der Waals surface area contributed by atoms with Crippen molar-refractivity contribution >= 4 is 18.3 Å². The fourth-order valence-corrected chi connectivity index (χ4v) is 3.97. The average molecular weight is 353 g/mol. The lowest BCUT2D eigenvalue weighted by Crippen LogP contribution is -2.45. The molecule has 1 atom stereocenters. The predicted molar refractivity (Wildman–Crippen MR) is 98.8 cm³/mol. The van der Waals surface area contributed by atoms with Gasteiger partial charge in [-0.05, 0) is 50.3 Å². The number of carbonyl (C=O) groups is 1. The zero-order chi connectivity index (χ0) is 16.1. The van der Waals surface area contributed by atoms with Crippen LogP contribution in [0, 0.1) is 6.92 Å². The van der Waals surface area contributed by atoms with Crippen molar-refractivity contribution < 1.29 is 9.53 Å². The SMILES string of the molecule is Cc1ccccc1C1(CNC(=O)CC2CCCN2)CCOCC1.Cl. The van der Waals surface area contributed by atoms with Crippen molar-refractivity contribution in [2.75, 3.05) is 26.3 Å². The molecule has 1 aromatic rings. The highest BCUT2D eigenvalue weighted by molar-refractivity contribution is 5.85. The van der Waals surface area contributed by atoms with E-state index >= 15 is 0 Å². The van der Waals surface area contributed by atoms with Gasteiger partial charge in [-0.2, -0.15) is 0 Å². The van der Waals surface area contributed by atoms with Crippen LogP contribution in [0.15, 0.2) is 24.3 Å². The topological polar surface area (TPSA) is 50.4 Å². The largest absolute Gasteiger partial charge is 0.381 e. The zero-order valence-corrected chi connectivity index (χ0v) is 15.3. The van der Waals surface area contributed by atoms with E-state index in [2.05, 4.69) is 41.8 Å². The number of carbonyl (C=O) groups excluding carboxylic acids is 1. The van der Waals surface area contributed by atoms with E-state index in [4.69, 9.17) is 4.74 Å². The first kappa shape index (κ1) is 19.2. The molecule has 1 unspecified atom stereocenters. The summed E-state index contributed by atoms with van der Waals surface area (Å²) in [6.07, 6.45) is 4.84. The highest BCUT2D eigenvalue weighted by Crippen LogP contribution is 2.36. The van der Waals surface area contributed by atoms with Crippen LogP contribution in [0.2, 0.25) is 0 Å². The number of hydrogen-bond donors (Lipinski definition) is 2. The van der Waals surface area contributed by atoms with Crippen LogP contribution in [0.4, 0.5) is 0 Å². The molecular weight excluding hydrogens is 324 g/mol. The molecular formula is C19H29ClN2O2.